The topological polar surface area (TPSA) is 55.3 Å². The van der Waals surface area contributed by atoms with Gasteiger partial charge in [-0.3, -0.25) is 0 Å². The van der Waals surface area contributed by atoms with Crippen molar-refractivity contribution in [3.8, 4) is 11.1 Å². The quantitative estimate of drug-likeness (QED) is 0.606. The number of carbonyl (C=O) groups is 1. The summed E-state index contributed by atoms with van der Waals surface area (Å²) in [6.07, 6.45) is 1.75. The van der Waals surface area contributed by atoms with E-state index in [1.54, 1.807) is 4.90 Å². The molecule has 0 unspecified atom stereocenters. The van der Waals surface area contributed by atoms with E-state index in [9.17, 15) is 4.79 Å². The number of hydrogen-bond donors (Lipinski definition) is 0. The molecule has 0 saturated carbocycles. The van der Waals surface area contributed by atoms with Crippen LogP contribution in [-0.4, -0.2) is 34.1 Å². The zero-order valence-electron chi connectivity index (χ0n) is 15.1. The van der Waals surface area contributed by atoms with Crippen molar-refractivity contribution in [3.05, 3.63) is 82.4 Å². The Morgan fingerprint density at radius 3 is 2.46 bits per heavy atom. The Labute approximate surface area is 168 Å². The summed E-state index contributed by atoms with van der Waals surface area (Å²) in [7, 11) is 0. The average Bonchev–Trinajstić information content (AvgIpc) is 3.06. The number of hydrogen-bond acceptors (Lipinski definition) is 4. The summed E-state index contributed by atoms with van der Waals surface area (Å²) in [5.74, 6) is 0.0604. The van der Waals surface area contributed by atoms with Crippen LogP contribution in [0.4, 0.5) is 4.79 Å². The fourth-order valence-corrected chi connectivity index (χ4v) is 4.40. The van der Waals surface area contributed by atoms with Crippen LogP contribution in [0.1, 0.15) is 28.3 Å². The second-order valence-corrected chi connectivity index (χ2v) is 7.42. The zero-order chi connectivity index (χ0) is 19.1. The first-order valence-electron chi connectivity index (χ1n) is 9.30. The molecule has 1 aromatic heterocycles. The van der Waals surface area contributed by atoms with Crippen LogP contribution in [0.25, 0.3) is 11.1 Å². The average molecular weight is 392 g/mol. The maximum Gasteiger partial charge on any atom is 0.410 e. The molecule has 1 aliphatic heterocycles. The first kappa shape index (κ1) is 17.2. The summed E-state index contributed by atoms with van der Waals surface area (Å²) < 4.78 is 5.74. The van der Waals surface area contributed by atoms with E-state index in [0.29, 0.717) is 31.3 Å². The van der Waals surface area contributed by atoms with Crippen LogP contribution in [0.3, 0.4) is 0 Å². The van der Waals surface area contributed by atoms with Crippen LogP contribution in [-0.2, 0) is 17.7 Å². The maximum absolute atomic E-state index is 12.7. The number of carbonyl (C=O) groups excluding carboxylic acids is 1. The molecule has 0 spiro atoms. The van der Waals surface area contributed by atoms with Gasteiger partial charge in [-0.15, -0.1) is 0 Å². The number of ether oxygens (including phenoxy) is 1. The molecule has 3 aromatic rings. The molecule has 0 N–H and O–H groups in total. The number of aromatic nitrogens is 2. The Morgan fingerprint density at radius 1 is 1.07 bits per heavy atom. The molecule has 5 nitrogen and oxygen atoms in total. The van der Waals surface area contributed by atoms with E-state index in [0.717, 1.165) is 11.3 Å². The standard InChI is InChI=1S/C22H18ClN3O2/c23-21-18-9-10-26(11-20(18)24-13-25-21)22(27)28-12-19-16-7-3-1-5-14(16)15-6-2-4-8-17(15)19/h1-8,13,19H,9-12H2. The second kappa shape index (κ2) is 6.91. The van der Waals surface area contributed by atoms with Gasteiger partial charge < -0.3 is 9.64 Å². The predicted octanol–water partition coefficient (Wildman–Crippen LogP) is 4.44. The Bertz CT molecular complexity index is 1020. The van der Waals surface area contributed by atoms with Crippen molar-refractivity contribution in [2.45, 2.75) is 18.9 Å². The minimum atomic E-state index is -0.317. The summed E-state index contributed by atoms with van der Waals surface area (Å²) in [6.45, 7) is 1.27. The lowest BCUT2D eigenvalue weighted by atomic mass is 9.98. The van der Waals surface area contributed by atoms with Crippen LogP contribution in [0.5, 0.6) is 0 Å². The van der Waals surface area contributed by atoms with Crippen LogP contribution in [0, 0.1) is 0 Å². The summed E-state index contributed by atoms with van der Waals surface area (Å²) >= 11 is 6.13. The number of benzene rings is 2. The Morgan fingerprint density at radius 2 is 1.75 bits per heavy atom. The molecule has 2 aromatic carbocycles. The van der Waals surface area contributed by atoms with E-state index in [-0.39, 0.29) is 12.0 Å². The van der Waals surface area contributed by atoms with Gasteiger partial charge in [-0.1, -0.05) is 60.1 Å². The van der Waals surface area contributed by atoms with Crippen molar-refractivity contribution in [2.75, 3.05) is 13.2 Å². The van der Waals surface area contributed by atoms with Gasteiger partial charge in [0.25, 0.3) is 0 Å². The predicted molar refractivity (Wildman–Crippen MR) is 106 cm³/mol. The highest BCUT2D eigenvalue weighted by Crippen LogP contribution is 2.44. The van der Waals surface area contributed by atoms with Gasteiger partial charge >= 0.3 is 6.09 Å². The molecule has 2 aliphatic rings. The Balaban J connectivity index is 1.32. The van der Waals surface area contributed by atoms with E-state index in [2.05, 4.69) is 34.2 Å². The Kier molecular flexibility index (Phi) is 4.24. The monoisotopic (exact) mass is 391 g/mol. The molecule has 28 heavy (non-hydrogen) atoms. The van der Waals surface area contributed by atoms with Gasteiger partial charge in [-0.25, -0.2) is 14.8 Å². The van der Waals surface area contributed by atoms with Gasteiger partial charge in [-0.2, -0.15) is 0 Å². The molecular weight excluding hydrogens is 374 g/mol. The summed E-state index contributed by atoms with van der Waals surface area (Å²) in [4.78, 5) is 22.7. The molecule has 0 bridgehead atoms. The van der Waals surface area contributed by atoms with Crippen molar-refractivity contribution < 1.29 is 9.53 Å². The third-order valence-corrected chi connectivity index (χ3v) is 5.87. The van der Waals surface area contributed by atoms with Gasteiger partial charge in [0, 0.05) is 18.0 Å². The lowest BCUT2D eigenvalue weighted by molar-refractivity contribution is 0.0947. The number of fused-ring (bicyclic) bond motifs is 4. The molecule has 0 atom stereocenters. The van der Waals surface area contributed by atoms with Crippen molar-refractivity contribution in [1.29, 1.82) is 0 Å². The largest absolute Gasteiger partial charge is 0.448 e. The normalized spacial score (nSPS) is 15.0. The molecule has 0 fully saturated rings. The fourth-order valence-electron chi connectivity index (χ4n) is 4.16. The molecule has 140 valence electrons. The summed E-state index contributed by atoms with van der Waals surface area (Å²) in [5, 5.41) is 0.470. The number of rotatable bonds is 2. The highest BCUT2D eigenvalue weighted by Gasteiger charge is 2.30. The molecular formula is C22H18ClN3O2. The highest BCUT2D eigenvalue weighted by atomic mass is 35.5. The molecule has 0 radical (unpaired) electrons. The van der Waals surface area contributed by atoms with Gasteiger partial charge in [0.1, 0.15) is 18.1 Å². The van der Waals surface area contributed by atoms with E-state index < -0.39 is 0 Å². The molecule has 1 aliphatic carbocycles. The third kappa shape index (κ3) is 2.83. The van der Waals surface area contributed by atoms with Crippen molar-refractivity contribution in [3.63, 3.8) is 0 Å². The van der Waals surface area contributed by atoms with E-state index in [1.165, 1.54) is 28.6 Å². The van der Waals surface area contributed by atoms with Gasteiger partial charge in [-0.05, 0) is 28.7 Å². The van der Waals surface area contributed by atoms with Crippen LogP contribution in [0.15, 0.2) is 54.9 Å². The molecule has 5 rings (SSSR count). The minimum absolute atomic E-state index is 0.0604. The van der Waals surface area contributed by atoms with Crippen molar-refractivity contribution in [2.24, 2.45) is 0 Å². The fraction of sp³-hybridized carbons (Fsp3) is 0.227. The molecule has 2 heterocycles. The molecule has 6 heteroatoms. The first-order valence-corrected chi connectivity index (χ1v) is 9.68. The van der Waals surface area contributed by atoms with E-state index in [1.807, 2.05) is 24.3 Å². The third-order valence-electron chi connectivity index (χ3n) is 5.55. The smallest absolute Gasteiger partial charge is 0.410 e. The van der Waals surface area contributed by atoms with Crippen molar-refractivity contribution in [1.82, 2.24) is 14.9 Å². The lowest BCUT2D eigenvalue weighted by Gasteiger charge is -2.28. The molecule has 1 amide bonds. The summed E-state index contributed by atoms with van der Waals surface area (Å²) in [6, 6.07) is 16.6. The van der Waals surface area contributed by atoms with Gasteiger partial charge in [0.05, 0.1) is 12.2 Å². The number of amides is 1. The Hall–Kier alpha value is -2.92. The lowest BCUT2D eigenvalue weighted by Crippen LogP contribution is -2.37. The van der Waals surface area contributed by atoms with E-state index in [4.69, 9.17) is 16.3 Å². The van der Waals surface area contributed by atoms with E-state index >= 15 is 0 Å². The SMILES string of the molecule is O=C(OCC1c2ccccc2-c2ccccc21)N1CCc2c(Cl)ncnc2C1. The van der Waals surface area contributed by atoms with Gasteiger partial charge in [0.15, 0.2) is 0 Å². The first-order chi connectivity index (χ1) is 13.7. The van der Waals surface area contributed by atoms with Crippen molar-refractivity contribution >= 4 is 17.7 Å². The highest BCUT2D eigenvalue weighted by molar-refractivity contribution is 6.30. The van der Waals surface area contributed by atoms with Crippen LogP contribution in [0.2, 0.25) is 5.15 Å². The van der Waals surface area contributed by atoms with Gasteiger partial charge in [0.2, 0.25) is 0 Å². The number of halogens is 1. The summed E-state index contributed by atoms with van der Waals surface area (Å²) in [5.41, 5.74) is 6.57. The van der Waals surface area contributed by atoms with Crippen LogP contribution < -0.4 is 0 Å². The molecule has 0 saturated heterocycles. The second-order valence-electron chi connectivity index (χ2n) is 7.07. The zero-order valence-corrected chi connectivity index (χ0v) is 15.9. The van der Waals surface area contributed by atoms with Crippen LogP contribution >= 0.6 is 11.6 Å². The minimum Gasteiger partial charge on any atom is -0.448 e. The number of nitrogens with zero attached hydrogens (tertiary/aromatic N) is 3. The maximum atomic E-state index is 12.7.